The minimum absolute atomic E-state index is 0.251. The predicted octanol–water partition coefficient (Wildman–Crippen LogP) is 2.89. The lowest BCUT2D eigenvalue weighted by Crippen LogP contribution is -2.42. The molecule has 1 atom stereocenters. The second kappa shape index (κ2) is 8.17. The molecule has 1 aliphatic carbocycles. The van der Waals surface area contributed by atoms with Crippen molar-refractivity contribution in [3.05, 3.63) is 53.3 Å². The topological polar surface area (TPSA) is 84.2 Å². The van der Waals surface area contributed by atoms with Crippen LogP contribution in [0.1, 0.15) is 59.6 Å². The predicted molar refractivity (Wildman–Crippen MR) is 98.1 cm³/mol. The Balaban J connectivity index is 1.76. The van der Waals surface area contributed by atoms with Gasteiger partial charge in [0.2, 0.25) is 0 Å². The Morgan fingerprint density at radius 3 is 2.58 bits per heavy atom. The Bertz CT molecular complexity index is 764. The fourth-order valence-corrected chi connectivity index (χ4v) is 3.64. The number of hydrogen-bond donors (Lipinski definition) is 2. The van der Waals surface area contributed by atoms with Gasteiger partial charge in [-0.1, -0.05) is 49.6 Å². The minimum Gasteiger partial charge on any atom is -0.480 e. The number of nitrogens with one attached hydrogen (secondary N) is 1. The van der Waals surface area contributed by atoms with E-state index in [-0.39, 0.29) is 18.2 Å². The molecule has 0 saturated heterocycles. The van der Waals surface area contributed by atoms with Crippen LogP contribution in [-0.2, 0) is 18.3 Å². The van der Waals surface area contributed by atoms with Gasteiger partial charge in [0.05, 0.1) is 11.3 Å². The highest BCUT2D eigenvalue weighted by molar-refractivity contribution is 5.97. The first kappa shape index (κ1) is 18.2. The summed E-state index contributed by atoms with van der Waals surface area (Å²) in [6.07, 6.45) is 7.53. The molecule has 2 N–H and O–H groups in total. The number of carboxylic acids is 1. The smallest absolute Gasteiger partial charge is 0.326 e. The molecule has 26 heavy (non-hydrogen) atoms. The summed E-state index contributed by atoms with van der Waals surface area (Å²) >= 11 is 0. The van der Waals surface area contributed by atoms with Crippen LogP contribution in [0.2, 0.25) is 0 Å². The van der Waals surface area contributed by atoms with Gasteiger partial charge < -0.3 is 10.4 Å². The quantitative estimate of drug-likeness (QED) is 0.834. The van der Waals surface area contributed by atoms with Crippen molar-refractivity contribution >= 4 is 11.9 Å². The fraction of sp³-hybridized carbons (Fsp3) is 0.450. The van der Waals surface area contributed by atoms with E-state index in [1.165, 1.54) is 6.42 Å². The van der Waals surface area contributed by atoms with Crippen LogP contribution in [0.3, 0.4) is 0 Å². The number of aliphatic carboxylic acids is 1. The largest absolute Gasteiger partial charge is 0.480 e. The maximum atomic E-state index is 12.8. The third kappa shape index (κ3) is 4.31. The van der Waals surface area contributed by atoms with E-state index < -0.39 is 12.0 Å². The van der Waals surface area contributed by atoms with Gasteiger partial charge in [-0.15, -0.1) is 0 Å². The van der Waals surface area contributed by atoms with Gasteiger partial charge in [-0.2, -0.15) is 5.10 Å². The van der Waals surface area contributed by atoms with Crippen LogP contribution < -0.4 is 5.32 Å². The first-order chi connectivity index (χ1) is 12.5. The summed E-state index contributed by atoms with van der Waals surface area (Å²) in [5.41, 5.74) is 2.17. The van der Waals surface area contributed by atoms with Gasteiger partial charge in [0.15, 0.2) is 0 Å². The average Bonchev–Trinajstić information content (AvgIpc) is 3.04. The molecule has 0 radical (unpaired) electrons. The number of carbonyl (C=O) groups excluding carboxylic acids is 1. The number of rotatable bonds is 6. The summed E-state index contributed by atoms with van der Waals surface area (Å²) in [5, 5.41) is 16.7. The molecular formula is C20H25N3O3. The summed E-state index contributed by atoms with van der Waals surface area (Å²) in [6.45, 7) is 0. The van der Waals surface area contributed by atoms with Crippen molar-refractivity contribution < 1.29 is 14.7 Å². The van der Waals surface area contributed by atoms with Gasteiger partial charge in [0, 0.05) is 25.6 Å². The second-order valence-corrected chi connectivity index (χ2v) is 6.99. The van der Waals surface area contributed by atoms with E-state index in [0.29, 0.717) is 5.56 Å². The van der Waals surface area contributed by atoms with Crippen LogP contribution in [0.15, 0.2) is 36.5 Å². The van der Waals surface area contributed by atoms with E-state index in [1.54, 1.807) is 17.9 Å². The second-order valence-electron chi connectivity index (χ2n) is 6.99. The van der Waals surface area contributed by atoms with Crippen molar-refractivity contribution in [2.75, 3.05) is 0 Å². The lowest BCUT2D eigenvalue weighted by molar-refractivity contribution is -0.139. The molecule has 1 aromatic carbocycles. The number of hydrogen-bond acceptors (Lipinski definition) is 3. The zero-order chi connectivity index (χ0) is 18.5. The molecule has 1 saturated carbocycles. The lowest BCUT2D eigenvalue weighted by atomic mass is 9.85. The summed E-state index contributed by atoms with van der Waals surface area (Å²) in [6, 6.07) is 8.35. The molecular weight excluding hydrogens is 330 g/mol. The molecule has 6 nitrogen and oxygen atoms in total. The third-order valence-corrected chi connectivity index (χ3v) is 4.98. The zero-order valence-electron chi connectivity index (χ0n) is 15.0. The molecule has 1 amide bonds. The summed E-state index contributed by atoms with van der Waals surface area (Å²) in [7, 11) is 1.79. The van der Waals surface area contributed by atoms with E-state index in [0.717, 1.165) is 36.9 Å². The first-order valence-corrected chi connectivity index (χ1v) is 9.15. The summed E-state index contributed by atoms with van der Waals surface area (Å²) < 4.78 is 1.64. The number of aromatic nitrogens is 2. The molecule has 3 rings (SSSR count). The Morgan fingerprint density at radius 2 is 1.92 bits per heavy atom. The van der Waals surface area contributed by atoms with Crippen molar-refractivity contribution in [3.63, 3.8) is 0 Å². The van der Waals surface area contributed by atoms with Crippen molar-refractivity contribution in [1.82, 2.24) is 15.1 Å². The number of benzene rings is 1. The van der Waals surface area contributed by atoms with E-state index in [1.807, 2.05) is 30.3 Å². The molecule has 2 aromatic rings. The molecule has 0 bridgehead atoms. The third-order valence-electron chi connectivity index (χ3n) is 4.98. The number of nitrogens with zero attached hydrogens (tertiary/aromatic N) is 2. The van der Waals surface area contributed by atoms with Gasteiger partial charge in [0.1, 0.15) is 6.04 Å². The van der Waals surface area contributed by atoms with Crippen LogP contribution in [0.25, 0.3) is 0 Å². The van der Waals surface area contributed by atoms with Crippen molar-refractivity contribution in [2.45, 2.75) is 50.5 Å². The molecule has 0 spiro atoms. The molecule has 1 aromatic heterocycles. The van der Waals surface area contributed by atoms with Gasteiger partial charge >= 0.3 is 5.97 Å². The Labute approximate surface area is 153 Å². The summed E-state index contributed by atoms with van der Waals surface area (Å²) in [5.74, 6) is -1.12. The van der Waals surface area contributed by atoms with Crippen LogP contribution in [0.5, 0.6) is 0 Å². The number of amides is 1. The van der Waals surface area contributed by atoms with Crippen LogP contribution in [0.4, 0.5) is 0 Å². The maximum absolute atomic E-state index is 12.8. The zero-order valence-corrected chi connectivity index (χ0v) is 15.0. The highest BCUT2D eigenvalue weighted by atomic mass is 16.4. The average molecular weight is 355 g/mol. The molecule has 0 aliphatic heterocycles. The molecule has 1 fully saturated rings. The molecule has 1 aliphatic rings. The van der Waals surface area contributed by atoms with Gasteiger partial charge in [-0.25, -0.2) is 4.79 Å². The minimum atomic E-state index is -1.04. The van der Waals surface area contributed by atoms with Gasteiger partial charge in [-0.05, 0) is 18.4 Å². The maximum Gasteiger partial charge on any atom is 0.326 e. The standard InChI is InChI=1S/C20H25N3O3/c1-23-13-16(18(22-23)15-10-6-3-7-11-15)19(24)21-17(20(25)26)12-14-8-4-2-5-9-14/h2,4-5,8-9,13,15,17H,3,6-7,10-12H2,1H3,(H,21,24)(H,25,26). The van der Waals surface area contributed by atoms with E-state index in [4.69, 9.17) is 0 Å². The summed E-state index contributed by atoms with van der Waals surface area (Å²) in [4.78, 5) is 24.4. The Morgan fingerprint density at radius 1 is 1.23 bits per heavy atom. The highest BCUT2D eigenvalue weighted by Gasteiger charge is 2.27. The normalized spacial score (nSPS) is 16.2. The molecule has 6 heteroatoms. The molecule has 1 unspecified atom stereocenters. The van der Waals surface area contributed by atoms with Gasteiger partial charge in [0.25, 0.3) is 5.91 Å². The van der Waals surface area contributed by atoms with Crippen LogP contribution in [0, 0.1) is 0 Å². The Kier molecular flexibility index (Phi) is 5.71. The van der Waals surface area contributed by atoms with Crippen molar-refractivity contribution in [2.24, 2.45) is 7.05 Å². The number of aryl methyl sites for hydroxylation is 1. The molecule has 1 heterocycles. The van der Waals surface area contributed by atoms with Crippen molar-refractivity contribution in [3.8, 4) is 0 Å². The Hall–Kier alpha value is -2.63. The van der Waals surface area contributed by atoms with E-state index >= 15 is 0 Å². The first-order valence-electron chi connectivity index (χ1n) is 9.15. The lowest BCUT2D eigenvalue weighted by Gasteiger charge is -2.21. The number of carbonyl (C=O) groups is 2. The monoisotopic (exact) mass is 355 g/mol. The van der Waals surface area contributed by atoms with Crippen molar-refractivity contribution in [1.29, 1.82) is 0 Å². The van der Waals surface area contributed by atoms with E-state index in [9.17, 15) is 14.7 Å². The molecule has 138 valence electrons. The van der Waals surface area contributed by atoms with Gasteiger partial charge in [-0.3, -0.25) is 9.48 Å². The fourth-order valence-electron chi connectivity index (χ4n) is 3.64. The van der Waals surface area contributed by atoms with Crippen LogP contribution >= 0.6 is 0 Å². The van der Waals surface area contributed by atoms with E-state index in [2.05, 4.69) is 10.4 Å². The van der Waals surface area contributed by atoms with Crippen LogP contribution in [-0.4, -0.2) is 32.8 Å². The highest BCUT2D eigenvalue weighted by Crippen LogP contribution is 2.33. The SMILES string of the molecule is Cn1cc(C(=O)NC(Cc2ccccc2)C(=O)O)c(C2CCCCC2)n1. The number of carboxylic acid groups (broad SMARTS) is 1.